The van der Waals surface area contributed by atoms with Crippen molar-refractivity contribution in [3.63, 3.8) is 0 Å². The van der Waals surface area contributed by atoms with E-state index < -0.39 is 6.10 Å². The number of carbonyl (C=O) groups is 3. The van der Waals surface area contributed by atoms with E-state index in [1.807, 2.05) is 60.8 Å². The van der Waals surface area contributed by atoms with Gasteiger partial charge in [0.15, 0.2) is 6.10 Å². The molecule has 0 N–H and O–H groups in total. The first-order valence-electron chi connectivity index (χ1n) is 28.8. The van der Waals surface area contributed by atoms with Gasteiger partial charge in [-0.25, -0.2) is 0 Å². The number of rotatable bonds is 50. The second kappa shape index (κ2) is 58.1. The molecule has 0 amide bonds. The first-order chi connectivity index (χ1) is 35.0. The predicted molar refractivity (Wildman–Crippen MR) is 306 cm³/mol. The molecule has 0 saturated heterocycles. The highest BCUT2D eigenvalue weighted by Gasteiger charge is 2.19. The van der Waals surface area contributed by atoms with Crippen LogP contribution in [0.25, 0.3) is 0 Å². The van der Waals surface area contributed by atoms with Crippen molar-refractivity contribution in [2.75, 3.05) is 13.2 Å². The van der Waals surface area contributed by atoms with Gasteiger partial charge in [0, 0.05) is 19.3 Å². The van der Waals surface area contributed by atoms with Crippen LogP contribution in [-0.4, -0.2) is 37.2 Å². The van der Waals surface area contributed by atoms with E-state index in [1.54, 1.807) is 0 Å². The van der Waals surface area contributed by atoms with Gasteiger partial charge in [-0.1, -0.05) is 276 Å². The van der Waals surface area contributed by atoms with Crippen LogP contribution in [0, 0.1) is 0 Å². The molecule has 0 aromatic heterocycles. The van der Waals surface area contributed by atoms with Crippen molar-refractivity contribution in [3.8, 4) is 0 Å². The van der Waals surface area contributed by atoms with Gasteiger partial charge in [0.25, 0.3) is 0 Å². The summed E-state index contributed by atoms with van der Waals surface area (Å²) in [6.07, 6.45) is 81.6. The molecule has 400 valence electrons. The fourth-order valence-corrected chi connectivity index (χ4v) is 7.57. The van der Waals surface area contributed by atoms with Crippen molar-refractivity contribution in [2.45, 2.75) is 245 Å². The minimum atomic E-state index is -0.829. The van der Waals surface area contributed by atoms with Crippen molar-refractivity contribution in [1.29, 1.82) is 0 Å². The lowest BCUT2D eigenvalue weighted by Gasteiger charge is -2.18. The average Bonchev–Trinajstić information content (AvgIpc) is 3.37. The van der Waals surface area contributed by atoms with Gasteiger partial charge in [-0.15, -0.1) is 0 Å². The zero-order valence-electron chi connectivity index (χ0n) is 45.7. The van der Waals surface area contributed by atoms with Crippen LogP contribution >= 0.6 is 0 Å². The highest BCUT2D eigenvalue weighted by molar-refractivity contribution is 5.71. The smallest absolute Gasteiger partial charge is 0.306 e. The van der Waals surface area contributed by atoms with Gasteiger partial charge in [-0.3, -0.25) is 14.4 Å². The molecule has 0 aromatic carbocycles. The number of allylic oxidation sites excluding steroid dienone is 22. The summed E-state index contributed by atoms with van der Waals surface area (Å²) < 4.78 is 16.8. The van der Waals surface area contributed by atoms with Crippen molar-refractivity contribution < 1.29 is 28.6 Å². The molecule has 1 atom stereocenters. The summed E-state index contributed by atoms with van der Waals surface area (Å²) in [6.45, 7) is 6.30. The maximum atomic E-state index is 12.8. The zero-order chi connectivity index (χ0) is 51.4. The van der Waals surface area contributed by atoms with Crippen LogP contribution in [0.2, 0.25) is 0 Å². The first kappa shape index (κ1) is 66.6. The molecule has 0 aromatic rings. The molecular weight excluding hydrogens is 877 g/mol. The van der Waals surface area contributed by atoms with E-state index in [4.69, 9.17) is 14.2 Å². The molecule has 0 fully saturated rings. The third-order valence-corrected chi connectivity index (χ3v) is 11.8. The lowest BCUT2D eigenvalue weighted by Crippen LogP contribution is -2.30. The van der Waals surface area contributed by atoms with Gasteiger partial charge >= 0.3 is 17.9 Å². The largest absolute Gasteiger partial charge is 0.462 e. The van der Waals surface area contributed by atoms with Crippen molar-refractivity contribution >= 4 is 17.9 Å². The van der Waals surface area contributed by atoms with E-state index in [9.17, 15) is 14.4 Å². The quantitative estimate of drug-likeness (QED) is 0.0199. The minimum Gasteiger partial charge on any atom is -0.462 e. The van der Waals surface area contributed by atoms with Crippen LogP contribution in [0.4, 0.5) is 0 Å². The van der Waals surface area contributed by atoms with Gasteiger partial charge in [0.1, 0.15) is 13.2 Å². The molecule has 6 nitrogen and oxygen atoms in total. The Morgan fingerprint density at radius 3 is 1.07 bits per heavy atom. The highest BCUT2D eigenvalue weighted by atomic mass is 16.6. The standard InChI is InChI=1S/C65H104O6/c1-4-7-10-13-16-19-22-25-28-31-32-35-37-40-43-46-49-52-55-58-64(67)70-61-62(71-65(68)59-56-53-50-47-44-41-38-34-30-27-24-21-18-15-12-9-6-3)60-69-63(66)57-54-51-48-45-42-39-36-33-29-26-23-20-17-14-11-8-5-2/h8-9,11-12,15,17-18,20-21,24,26-27,29-30,34,36,38-39,41,44-45,48,62H,4-7,10,13-14,16,19,22-23,25,28,31-33,35,37,40,42-43,46-47,49-61H2,1-3H3/b11-8-,12-9-,18-15-,20-17-,24-21-,29-26-,30-27-,38-34+,39-36-,44-41-,48-45-. The molecule has 0 aliphatic rings. The fraction of sp³-hybridized carbons (Fsp3) is 0.615. The van der Waals surface area contributed by atoms with Crippen LogP contribution in [0.5, 0.6) is 0 Å². The van der Waals surface area contributed by atoms with E-state index in [1.165, 1.54) is 103 Å². The fourth-order valence-electron chi connectivity index (χ4n) is 7.57. The Morgan fingerprint density at radius 1 is 0.310 bits per heavy atom. The summed E-state index contributed by atoms with van der Waals surface area (Å²) >= 11 is 0. The van der Waals surface area contributed by atoms with Gasteiger partial charge in [0.2, 0.25) is 0 Å². The highest BCUT2D eigenvalue weighted by Crippen LogP contribution is 2.16. The van der Waals surface area contributed by atoms with Gasteiger partial charge in [0.05, 0.1) is 0 Å². The van der Waals surface area contributed by atoms with E-state index in [0.29, 0.717) is 19.3 Å². The Balaban J connectivity index is 4.55. The van der Waals surface area contributed by atoms with E-state index >= 15 is 0 Å². The van der Waals surface area contributed by atoms with Crippen LogP contribution in [0.15, 0.2) is 134 Å². The Labute approximate surface area is 436 Å². The minimum absolute atomic E-state index is 0.117. The summed E-state index contributed by atoms with van der Waals surface area (Å²) in [6, 6.07) is 0. The monoisotopic (exact) mass is 981 g/mol. The van der Waals surface area contributed by atoms with Gasteiger partial charge in [-0.2, -0.15) is 0 Å². The number of esters is 3. The SMILES string of the molecule is CC\C=C/C=C\C=C/C=C\C=C\C=C/CCCCCC(=O)OC(COC(=O)CCC/C=C\C/C=C\C/C=C\C/C=C\C/C=C\CC)COC(=O)CCCCCCCCCCCCCCCCCCCCC. The van der Waals surface area contributed by atoms with Crippen molar-refractivity contribution in [1.82, 2.24) is 0 Å². The number of hydrogen-bond acceptors (Lipinski definition) is 6. The number of hydrogen-bond donors (Lipinski definition) is 0. The predicted octanol–water partition coefficient (Wildman–Crippen LogP) is 19.4. The van der Waals surface area contributed by atoms with E-state index in [2.05, 4.69) is 93.7 Å². The summed E-state index contributed by atoms with van der Waals surface area (Å²) in [4.78, 5) is 38.2. The zero-order valence-corrected chi connectivity index (χ0v) is 45.7. The molecule has 0 radical (unpaired) electrons. The summed E-state index contributed by atoms with van der Waals surface area (Å²) in [5, 5.41) is 0. The van der Waals surface area contributed by atoms with Crippen molar-refractivity contribution in [2.24, 2.45) is 0 Å². The third-order valence-electron chi connectivity index (χ3n) is 11.8. The second-order valence-electron chi connectivity index (χ2n) is 18.6. The van der Waals surface area contributed by atoms with Gasteiger partial charge < -0.3 is 14.2 Å². The van der Waals surface area contributed by atoms with E-state index in [-0.39, 0.29) is 44.0 Å². The van der Waals surface area contributed by atoms with Crippen molar-refractivity contribution in [3.05, 3.63) is 134 Å². The molecule has 0 saturated carbocycles. The lowest BCUT2D eigenvalue weighted by atomic mass is 10.0. The maximum Gasteiger partial charge on any atom is 0.306 e. The Kier molecular flexibility index (Phi) is 54.5. The molecule has 0 rings (SSSR count). The van der Waals surface area contributed by atoms with Crippen LogP contribution in [-0.2, 0) is 28.6 Å². The van der Waals surface area contributed by atoms with Crippen LogP contribution in [0.1, 0.15) is 239 Å². The van der Waals surface area contributed by atoms with Gasteiger partial charge in [-0.05, 0) is 77.0 Å². The second-order valence-corrected chi connectivity index (χ2v) is 18.6. The number of carbonyl (C=O) groups excluding carboxylic acids is 3. The molecule has 0 aliphatic carbocycles. The van der Waals surface area contributed by atoms with Crippen LogP contribution < -0.4 is 0 Å². The van der Waals surface area contributed by atoms with E-state index in [0.717, 1.165) is 83.5 Å². The number of unbranched alkanes of at least 4 members (excludes halogenated alkanes) is 22. The molecule has 0 aliphatic heterocycles. The third kappa shape index (κ3) is 56.3. The Morgan fingerprint density at radius 2 is 0.634 bits per heavy atom. The average molecular weight is 982 g/mol. The molecule has 71 heavy (non-hydrogen) atoms. The first-order valence-corrected chi connectivity index (χ1v) is 28.8. The lowest BCUT2D eigenvalue weighted by molar-refractivity contribution is -0.167. The molecule has 0 spiro atoms. The Bertz CT molecular complexity index is 1550. The number of ether oxygens (including phenoxy) is 3. The summed E-state index contributed by atoms with van der Waals surface area (Å²) in [5.74, 6) is -1.02. The maximum absolute atomic E-state index is 12.8. The molecule has 6 heteroatoms. The summed E-state index contributed by atoms with van der Waals surface area (Å²) in [7, 11) is 0. The Hall–Kier alpha value is -4.45. The molecular formula is C65H104O6. The summed E-state index contributed by atoms with van der Waals surface area (Å²) in [5.41, 5.74) is 0. The molecule has 1 unspecified atom stereocenters. The van der Waals surface area contributed by atoms with Crippen LogP contribution in [0.3, 0.4) is 0 Å². The normalized spacial score (nSPS) is 13.1. The molecule has 0 bridgehead atoms. The topological polar surface area (TPSA) is 78.9 Å². The molecule has 0 heterocycles.